The molecule has 1 aromatic carbocycles. The lowest BCUT2D eigenvalue weighted by Gasteiger charge is -2.29. The lowest BCUT2D eigenvalue weighted by atomic mass is 10.1. The summed E-state index contributed by atoms with van der Waals surface area (Å²) in [7, 11) is 5.40. The van der Waals surface area contributed by atoms with Crippen molar-refractivity contribution in [3.8, 4) is 11.5 Å². The summed E-state index contributed by atoms with van der Waals surface area (Å²) < 4.78 is 10.6. The van der Waals surface area contributed by atoms with E-state index >= 15 is 0 Å². The number of hydrogen-bond acceptors (Lipinski definition) is 4. The number of piperidine rings is 1. The van der Waals surface area contributed by atoms with Crippen molar-refractivity contribution in [3.05, 3.63) is 22.7 Å². The minimum Gasteiger partial charge on any atom is -0.493 e. The standard InChI is InChI=1S/C15H23ClN2O2/c1-18-6-4-12(5-7-18)17-10-11-8-13(16)15(20-3)14(9-11)19-2/h8-9,12,17H,4-7,10H2,1-3H3. The molecule has 1 aliphatic rings. The number of halogens is 1. The molecule has 0 spiro atoms. The Labute approximate surface area is 126 Å². The van der Waals surface area contributed by atoms with Gasteiger partial charge in [-0.1, -0.05) is 11.6 Å². The van der Waals surface area contributed by atoms with Crippen LogP contribution in [-0.2, 0) is 6.54 Å². The highest BCUT2D eigenvalue weighted by Gasteiger charge is 2.16. The number of rotatable bonds is 5. The molecule has 0 aromatic heterocycles. The van der Waals surface area contributed by atoms with E-state index in [9.17, 15) is 0 Å². The highest BCUT2D eigenvalue weighted by Crippen LogP contribution is 2.36. The minimum atomic E-state index is 0.582. The van der Waals surface area contributed by atoms with Gasteiger partial charge in [0.25, 0.3) is 0 Å². The fourth-order valence-electron chi connectivity index (χ4n) is 2.55. The van der Waals surface area contributed by atoms with Crippen LogP contribution in [0.3, 0.4) is 0 Å². The van der Waals surface area contributed by atoms with Crippen LogP contribution in [-0.4, -0.2) is 45.3 Å². The second-order valence-electron chi connectivity index (χ2n) is 5.27. The van der Waals surface area contributed by atoms with Gasteiger partial charge in [-0.15, -0.1) is 0 Å². The van der Waals surface area contributed by atoms with Crippen LogP contribution < -0.4 is 14.8 Å². The summed E-state index contributed by atoms with van der Waals surface area (Å²) in [5.41, 5.74) is 1.12. The van der Waals surface area contributed by atoms with Gasteiger partial charge in [-0.3, -0.25) is 0 Å². The van der Waals surface area contributed by atoms with Crippen LogP contribution in [0.5, 0.6) is 11.5 Å². The minimum absolute atomic E-state index is 0.582. The number of likely N-dealkylation sites (tertiary alicyclic amines) is 1. The molecule has 4 nitrogen and oxygen atoms in total. The molecule has 20 heavy (non-hydrogen) atoms. The Bertz CT molecular complexity index is 446. The van der Waals surface area contributed by atoms with Crippen LogP contribution in [0.25, 0.3) is 0 Å². The SMILES string of the molecule is COc1cc(CNC2CCN(C)CC2)cc(Cl)c1OC. The molecule has 1 N–H and O–H groups in total. The van der Waals surface area contributed by atoms with Crippen molar-refractivity contribution in [2.24, 2.45) is 0 Å². The van der Waals surface area contributed by atoms with Gasteiger partial charge in [0, 0.05) is 12.6 Å². The van der Waals surface area contributed by atoms with Gasteiger partial charge in [0.2, 0.25) is 0 Å². The molecule has 0 atom stereocenters. The zero-order valence-corrected chi connectivity index (χ0v) is 13.2. The molecule has 0 saturated carbocycles. The molecule has 0 amide bonds. The molecule has 0 unspecified atom stereocenters. The first-order valence-corrected chi connectivity index (χ1v) is 7.34. The predicted octanol–water partition coefficient (Wildman–Crippen LogP) is 2.54. The smallest absolute Gasteiger partial charge is 0.179 e. The first kappa shape index (κ1) is 15.4. The van der Waals surface area contributed by atoms with Crippen molar-refractivity contribution < 1.29 is 9.47 Å². The molecule has 1 heterocycles. The number of nitrogens with zero attached hydrogens (tertiary/aromatic N) is 1. The zero-order valence-electron chi connectivity index (χ0n) is 12.4. The van der Waals surface area contributed by atoms with Crippen molar-refractivity contribution in [2.75, 3.05) is 34.4 Å². The Kier molecular flexibility index (Phi) is 5.52. The Balaban J connectivity index is 1.97. The van der Waals surface area contributed by atoms with Crippen LogP contribution in [0.15, 0.2) is 12.1 Å². The van der Waals surface area contributed by atoms with Crippen molar-refractivity contribution in [1.82, 2.24) is 10.2 Å². The molecule has 5 heteroatoms. The highest BCUT2D eigenvalue weighted by molar-refractivity contribution is 6.32. The van der Waals surface area contributed by atoms with Crippen LogP contribution >= 0.6 is 11.6 Å². The lowest BCUT2D eigenvalue weighted by molar-refractivity contribution is 0.234. The molecule has 0 radical (unpaired) electrons. The summed E-state index contributed by atoms with van der Waals surface area (Å²) in [5.74, 6) is 1.28. The summed E-state index contributed by atoms with van der Waals surface area (Å²) in [4.78, 5) is 2.37. The highest BCUT2D eigenvalue weighted by atomic mass is 35.5. The monoisotopic (exact) mass is 298 g/mol. The van der Waals surface area contributed by atoms with E-state index in [1.807, 2.05) is 12.1 Å². The number of nitrogens with one attached hydrogen (secondary N) is 1. The zero-order chi connectivity index (χ0) is 14.5. The van der Waals surface area contributed by atoms with Gasteiger partial charge < -0.3 is 19.7 Å². The number of methoxy groups -OCH3 is 2. The maximum Gasteiger partial charge on any atom is 0.179 e. The number of ether oxygens (including phenoxy) is 2. The summed E-state index contributed by atoms with van der Waals surface area (Å²) in [6.45, 7) is 3.11. The largest absolute Gasteiger partial charge is 0.493 e. The number of benzene rings is 1. The van der Waals surface area contributed by atoms with E-state index < -0.39 is 0 Å². The normalized spacial score (nSPS) is 17.2. The van der Waals surface area contributed by atoms with Gasteiger partial charge in [0.05, 0.1) is 19.2 Å². The van der Waals surface area contributed by atoms with Crippen molar-refractivity contribution in [1.29, 1.82) is 0 Å². The van der Waals surface area contributed by atoms with E-state index in [-0.39, 0.29) is 0 Å². The summed E-state index contributed by atoms with van der Waals surface area (Å²) in [5, 5.41) is 4.18. The predicted molar refractivity (Wildman–Crippen MR) is 81.9 cm³/mol. The Morgan fingerprint density at radius 1 is 1.25 bits per heavy atom. The van der Waals surface area contributed by atoms with Crippen LogP contribution in [0.4, 0.5) is 0 Å². The molecule has 112 valence electrons. The fourth-order valence-corrected chi connectivity index (χ4v) is 2.86. The molecule has 1 aromatic rings. The van der Waals surface area contributed by atoms with E-state index in [1.165, 1.54) is 12.8 Å². The Morgan fingerprint density at radius 3 is 2.55 bits per heavy atom. The van der Waals surface area contributed by atoms with E-state index in [0.29, 0.717) is 22.6 Å². The Morgan fingerprint density at radius 2 is 1.95 bits per heavy atom. The van der Waals surface area contributed by atoms with Gasteiger partial charge in [0.15, 0.2) is 11.5 Å². The maximum absolute atomic E-state index is 6.21. The Hall–Kier alpha value is -0.970. The van der Waals surface area contributed by atoms with E-state index in [1.54, 1.807) is 14.2 Å². The van der Waals surface area contributed by atoms with Gasteiger partial charge in [-0.05, 0) is 50.7 Å². The van der Waals surface area contributed by atoms with E-state index in [0.717, 1.165) is 25.2 Å². The van der Waals surface area contributed by atoms with Gasteiger partial charge in [-0.25, -0.2) is 0 Å². The van der Waals surface area contributed by atoms with Crippen LogP contribution in [0.2, 0.25) is 5.02 Å². The topological polar surface area (TPSA) is 33.7 Å². The quantitative estimate of drug-likeness (QED) is 0.906. The number of hydrogen-bond donors (Lipinski definition) is 1. The lowest BCUT2D eigenvalue weighted by Crippen LogP contribution is -2.40. The van der Waals surface area contributed by atoms with Crippen molar-refractivity contribution in [2.45, 2.75) is 25.4 Å². The molecule has 1 fully saturated rings. The molecule has 1 aliphatic heterocycles. The molecule has 0 bridgehead atoms. The molecule has 1 saturated heterocycles. The average molecular weight is 299 g/mol. The first-order chi connectivity index (χ1) is 9.63. The second-order valence-corrected chi connectivity index (χ2v) is 5.68. The van der Waals surface area contributed by atoms with Gasteiger partial charge in [0.1, 0.15) is 0 Å². The van der Waals surface area contributed by atoms with Crippen molar-refractivity contribution >= 4 is 11.6 Å². The average Bonchev–Trinajstić information content (AvgIpc) is 2.46. The van der Waals surface area contributed by atoms with E-state index in [2.05, 4.69) is 17.3 Å². The molecule has 2 rings (SSSR count). The maximum atomic E-state index is 6.21. The molecular formula is C15H23ClN2O2. The third kappa shape index (κ3) is 3.78. The molecular weight excluding hydrogens is 276 g/mol. The van der Waals surface area contributed by atoms with Crippen molar-refractivity contribution in [3.63, 3.8) is 0 Å². The first-order valence-electron chi connectivity index (χ1n) is 6.96. The summed E-state index contributed by atoms with van der Waals surface area (Å²) in [6.07, 6.45) is 2.38. The third-order valence-electron chi connectivity index (χ3n) is 3.81. The fraction of sp³-hybridized carbons (Fsp3) is 0.600. The second kappa shape index (κ2) is 7.16. The summed E-state index contributed by atoms with van der Waals surface area (Å²) >= 11 is 6.21. The van der Waals surface area contributed by atoms with E-state index in [4.69, 9.17) is 21.1 Å². The summed E-state index contributed by atoms with van der Waals surface area (Å²) in [6, 6.07) is 4.50. The van der Waals surface area contributed by atoms with Crippen LogP contribution in [0.1, 0.15) is 18.4 Å². The van der Waals surface area contributed by atoms with Gasteiger partial charge in [-0.2, -0.15) is 0 Å². The van der Waals surface area contributed by atoms with Gasteiger partial charge >= 0.3 is 0 Å². The molecule has 0 aliphatic carbocycles. The third-order valence-corrected chi connectivity index (χ3v) is 4.09. The van der Waals surface area contributed by atoms with Crippen LogP contribution in [0, 0.1) is 0 Å².